The molecular weight excluding hydrogens is 341 g/mol. The van der Waals surface area contributed by atoms with E-state index in [2.05, 4.69) is 26.4 Å². The molecule has 0 fully saturated rings. The number of hydrogen-bond donors (Lipinski definition) is 3. The molecule has 0 aliphatic heterocycles. The van der Waals surface area contributed by atoms with Crippen molar-refractivity contribution in [3.05, 3.63) is 63.9 Å². The Morgan fingerprint density at radius 2 is 1.90 bits per heavy atom. The second-order valence-electron chi connectivity index (χ2n) is 4.11. The summed E-state index contributed by atoms with van der Waals surface area (Å²) >= 11 is 3.27. The van der Waals surface area contributed by atoms with Crippen molar-refractivity contribution < 1.29 is 14.4 Å². The molecule has 0 aliphatic rings. The fourth-order valence-electron chi connectivity index (χ4n) is 1.73. The van der Waals surface area contributed by atoms with Crippen LogP contribution >= 0.6 is 15.9 Å². The third-order valence-corrected chi connectivity index (χ3v) is 3.26. The molecule has 0 bridgehead atoms. The van der Waals surface area contributed by atoms with Crippen molar-refractivity contribution in [1.29, 1.82) is 0 Å². The molecule has 0 unspecified atom stereocenters. The molecule has 2 rings (SSSR count). The largest absolute Gasteiger partial charge is 0.409 e. The van der Waals surface area contributed by atoms with Crippen molar-refractivity contribution in [2.24, 2.45) is 10.9 Å². The fourth-order valence-corrected chi connectivity index (χ4v) is 2.00. The molecule has 2 aromatic rings. The second-order valence-corrected chi connectivity index (χ2v) is 5.02. The molecule has 21 heavy (non-hydrogen) atoms. The number of anilines is 1. The third kappa shape index (κ3) is 3.38. The summed E-state index contributed by atoms with van der Waals surface area (Å²) < 4.78 is 14.6. The van der Waals surface area contributed by atoms with Gasteiger partial charge >= 0.3 is 0 Å². The summed E-state index contributed by atoms with van der Waals surface area (Å²) in [5.41, 5.74) is 5.79. The molecule has 108 valence electrons. The van der Waals surface area contributed by atoms with Gasteiger partial charge in [-0.3, -0.25) is 4.79 Å². The number of rotatable bonds is 3. The number of benzene rings is 2. The molecule has 2 aromatic carbocycles. The predicted octanol–water partition coefficient (Wildman–Crippen LogP) is 2.94. The van der Waals surface area contributed by atoms with Crippen LogP contribution in [0.3, 0.4) is 0 Å². The number of amides is 1. The van der Waals surface area contributed by atoms with Gasteiger partial charge in [-0.25, -0.2) is 4.39 Å². The van der Waals surface area contributed by atoms with E-state index in [9.17, 15) is 9.18 Å². The minimum absolute atomic E-state index is 0.123. The number of oxime groups is 1. The molecular formula is C14H11BrFN3O2. The van der Waals surface area contributed by atoms with Crippen LogP contribution in [0.4, 0.5) is 10.1 Å². The van der Waals surface area contributed by atoms with E-state index in [1.807, 2.05) is 0 Å². The lowest BCUT2D eigenvalue weighted by molar-refractivity contribution is 0.102. The quantitative estimate of drug-likeness (QED) is 0.344. The van der Waals surface area contributed by atoms with Gasteiger partial charge in [-0.15, -0.1) is 0 Å². The number of nitrogens with two attached hydrogens (primary N) is 1. The van der Waals surface area contributed by atoms with E-state index < -0.39 is 17.6 Å². The van der Waals surface area contributed by atoms with Crippen LogP contribution < -0.4 is 11.1 Å². The van der Waals surface area contributed by atoms with Crippen LogP contribution in [0.5, 0.6) is 0 Å². The van der Waals surface area contributed by atoms with Gasteiger partial charge in [0.05, 0.1) is 11.3 Å². The van der Waals surface area contributed by atoms with E-state index in [1.165, 1.54) is 12.1 Å². The topological polar surface area (TPSA) is 87.7 Å². The summed E-state index contributed by atoms with van der Waals surface area (Å²) in [4.78, 5) is 12.1. The van der Waals surface area contributed by atoms with Crippen molar-refractivity contribution in [2.75, 3.05) is 5.32 Å². The lowest BCUT2D eigenvalue weighted by Gasteiger charge is -2.11. The lowest BCUT2D eigenvalue weighted by atomic mass is 10.1. The maximum absolute atomic E-state index is 13.8. The maximum Gasteiger partial charge on any atom is 0.255 e. The van der Waals surface area contributed by atoms with Gasteiger partial charge < -0.3 is 16.3 Å². The van der Waals surface area contributed by atoms with Gasteiger partial charge in [0.2, 0.25) is 0 Å². The second kappa shape index (κ2) is 6.36. The molecule has 7 heteroatoms. The SMILES string of the molecule is N/C(=N/O)c1c(F)cccc1NC(=O)c1ccc(Br)cc1. The van der Waals surface area contributed by atoms with E-state index in [4.69, 9.17) is 10.9 Å². The zero-order valence-corrected chi connectivity index (χ0v) is 12.3. The normalized spacial score (nSPS) is 11.2. The van der Waals surface area contributed by atoms with Crippen molar-refractivity contribution in [3.8, 4) is 0 Å². The van der Waals surface area contributed by atoms with Crippen molar-refractivity contribution in [3.63, 3.8) is 0 Å². The molecule has 0 radical (unpaired) electrons. The summed E-state index contributed by atoms with van der Waals surface area (Å²) in [5.74, 6) is -1.54. The molecule has 0 saturated carbocycles. The van der Waals surface area contributed by atoms with Crippen LogP contribution in [0, 0.1) is 5.82 Å². The Kier molecular flexibility index (Phi) is 4.54. The average molecular weight is 352 g/mol. The van der Waals surface area contributed by atoms with Crippen LogP contribution in [0.25, 0.3) is 0 Å². The maximum atomic E-state index is 13.8. The lowest BCUT2D eigenvalue weighted by Crippen LogP contribution is -2.20. The minimum atomic E-state index is -0.695. The summed E-state index contributed by atoms with van der Waals surface area (Å²) in [6.07, 6.45) is 0. The monoisotopic (exact) mass is 351 g/mol. The Morgan fingerprint density at radius 3 is 2.52 bits per heavy atom. The Bertz CT molecular complexity index is 702. The molecule has 0 aromatic heterocycles. The molecule has 0 spiro atoms. The van der Waals surface area contributed by atoms with Gasteiger partial charge in [0.1, 0.15) is 5.82 Å². The molecule has 0 heterocycles. The first-order valence-electron chi connectivity index (χ1n) is 5.86. The Balaban J connectivity index is 2.33. The molecule has 0 atom stereocenters. The van der Waals surface area contributed by atoms with E-state index >= 15 is 0 Å². The molecule has 0 aliphatic carbocycles. The number of carbonyl (C=O) groups is 1. The van der Waals surface area contributed by atoms with Crippen LogP contribution in [-0.4, -0.2) is 17.0 Å². The van der Waals surface area contributed by atoms with Crippen LogP contribution in [0.15, 0.2) is 52.1 Å². The fraction of sp³-hybridized carbons (Fsp3) is 0. The summed E-state index contributed by atoms with van der Waals surface area (Å²) in [6.45, 7) is 0. The number of nitrogens with zero attached hydrogens (tertiary/aromatic N) is 1. The van der Waals surface area contributed by atoms with E-state index in [0.717, 1.165) is 10.5 Å². The van der Waals surface area contributed by atoms with Crippen LogP contribution in [0.1, 0.15) is 15.9 Å². The first-order chi connectivity index (χ1) is 10.0. The number of carbonyl (C=O) groups excluding carboxylic acids is 1. The predicted molar refractivity (Wildman–Crippen MR) is 81.0 cm³/mol. The van der Waals surface area contributed by atoms with Gasteiger partial charge in [0, 0.05) is 10.0 Å². The third-order valence-electron chi connectivity index (χ3n) is 2.73. The highest BCUT2D eigenvalue weighted by Crippen LogP contribution is 2.20. The number of nitrogens with one attached hydrogen (secondary N) is 1. The van der Waals surface area contributed by atoms with Crippen LogP contribution in [-0.2, 0) is 0 Å². The molecule has 5 nitrogen and oxygen atoms in total. The van der Waals surface area contributed by atoms with Crippen molar-refractivity contribution in [2.45, 2.75) is 0 Å². The van der Waals surface area contributed by atoms with E-state index in [-0.39, 0.29) is 11.3 Å². The smallest absolute Gasteiger partial charge is 0.255 e. The molecule has 4 N–H and O–H groups in total. The van der Waals surface area contributed by atoms with E-state index in [1.54, 1.807) is 24.3 Å². The van der Waals surface area contributed by atoms with Gasteiger partial charge in [0.15, 0.2) is 5.84 Å². The average Bonchev–Trinajstić information content (AvgIpc) is 2.47. The van der Waals surface area contributed by atoms with Gasteiger partial charge in [-0.2, -0.15) is 0 Å². The number of amidine groups is 1. The Hall–Kier alpha value is -2.41. The standard InChI is InChI=1S/C14H11BrFN3O2/c15-9-6-4-8(5-7-9)14(20)18-11-3-1-2-10(16)12(11)13(17)19-21/h1-7,21H,(H2,17,19)(H,18,20). The number of halogens is 2. The molecule has 1 amide bonds. The molecule has 0 saturated heterocycles. The highest BCUT2D eigenvalue weighted by atomic mass is 79.9. The van der Waals surface area contributed by atoms with Gasteiger partial charge in [-0.05, 0) is 36.4 Å². The summed E-state index contributed by atoms with van der Waals surface area (Å²) in [6, 6.07) is 10.7. The van der Waals surface area contributed by atoms with Crippen molar-refractivity contribution in [1.82, 2.24) is 0 Å². The highest BCUT2D eigenvalue weighted by Gasteiger charge is 2.15. The Morgan fingerprint density at radius 1 is 1.24 bits per heavy atom. The zero-order valence-electron chi connectivity index (χ0n) is 10.7. The van der Waals surface area contributed by atoms with Crippen molar-refractivity contribution >= 4 is 33.4 Å². The van der Waals surface area contributed by atoms with Gasteiger partial charge in [-0.1, -0.05) is 27.2 Å². The van der Waals surface area contributed by atoms with E-state index in [0.29, 0.717) is 5.56 Å². The van der Waals surface area contributed by atoms with Gasteiger partial charge in [0.25, 0.3) is 5.91 Å². The first-order valence-corrected chi connectivity index (χ1v) is 6.65. The first kappa shape index (κ1) is 15.0. The summed E-state index contributed by atoms with van der Waals surface area (Å²) in [7, 11) is 0. The number of hydrogen-bond acceptors (Lipinski definition) is 3. The summed E-state index contributed by atoms with van der Waals surface area (Å²) in [5, 5.41) is 14.0. The zero-order chi connectivity index (χ0) is 15.4. The Labute approximate surface area is 128 Å². The minimum Gasteiger partial charge on any atom is -0.409 e. The highest BCUT2D eigenvalue weighted by molar-refractivity contribution is 9.10. The van der Waals surface area contributed by atoms with Crippen LogP contribution in [0.2, 0.25) is 0 Å².